The number of hydrogen-bond acceptors (Lipinski definition) is 0. The first-order valence-electron chi connectivity index (χ1n) is 19.1. The summed E-state index contributed by atoms with van der Waals surface area (Å²) in [6.45, 7) is 9.54. The predicted molar refractivity (Wildman–Crippen MR) is 226 cm³/mol. The van der Waals surface area contributed by atoms with Crippen molar-refractivity contribution in [2.45, 2.75) is 57.8 Å². The molecular formula is C45H44F12N2P2. The van der Waals surface area contributed by atoms with E-state index in [1.54, 1.807) is 0 Å². The fourth-order valence-corrected chi connectivity index (χ4v) is 8.96. The average Bonchev–Trinajstić information content (AvgIpc) is 3.44. The predicted octanol–water partition coefficient (Wildman–Crippen LogP) is 16.8. The summed E-state index contributed by atoms with van der Waals surface area (Å²) in [4.78, 5) is 0. The summed E-state index contributed by atoms with van der Waals surface area (Å²) in [5.74, 6) is 0. The van der Waals surface area contributed by atoms with Crippen molar-refractivity contribution in [3.05, 3.63) is 155 Å². The van der Waals surface area contributed by atoms with Crippen LogP contribution in [0, 0.1) is 0 Å². The molecule has 0 saturated carbocycles. The quantitative estimate of drug-likeness (QED) is 0.0892. The van der Waals surface area contributed by atoms with Gasteiger partial charge in [0.15, 0.2) is 11.4 Å². The summed E-state index contributed by atoms with van der Waals surface area (Å²) in [6, 6.07) is 45.2. The van der Waals surface area contributed by atoms with Crippen molar-refractivity contribution in [3.63, 3.8) is 0 Å². The van der Waals surface area contributed by atoms with E-state index in [4.69, 9.17) is 0 Å². The number of benzene rings is 6. The van der Waals surface area contributed by atoms with Crippen LogP contribution in [-0.4, -0.2) is 34.7 Å². The Morgan fingerprint density at radius 3 is 0.984 bits per heavy atom. The van der Waals surface area contributed by atoms with Gasteiger partial charge in [-0.3, -0.25) is 0 Å². The zero-order valence-corrected chi connectivity index (χ0v) is 35.8. The topological polar surface area (TPSA) is 6.02 Å². The summed E-state index contributed by atoms with van der Waals surface area (Å²) >= 11 is 0. The van der Waals surface area contributed by atoms with Crippen LogP contribution in [0.2, 0.25) is 0 Å². The van der Waals surface area contributed by atoms with Crippen LogP contribution in [0.5, 0.6) is 0 Å². The molecular weight excluding hydrogens is 858 g/mol. The second kappa shape index (κ2) is 13.9. The molecule has 2 heterocycles. The van der Waals surface area contributed by atoms with E-state index in [1.165, 1.54) is 77.7 Å². The van der Waals surface area contributed by atoms with Crippen molar-refractivity contribution in [3.8, 4) is 0 Å². The number of hydrogen-bond donors (Lipinski definition) is 0. The summed E-state index contributed by atoms with van der Waals surface area (Å²) < 4.78 is 123. The van der Waals surface area contributed by atoms with Crippen LogP contribution in [0.3, 0.4) is 0 Å². The van der Waals surface area contributed by atoms with Crippen molar-refractivity contribution in [2.24, 2.45) is 0 Å². The third kappa shape index (κ3) is 11.0. The third-order valence-electron chi connectivity index (χ3n) is 11.8. The van der Waals surface area contributed by atoms with Crippen LogP contribution >= 0.6 is 15.6 Å². The zero-order valence-electron chi connectivity index (χ0n) is 34.0. The van der Waals surface area contributed by atoms with Crippen molar-refractivity contribution in [2.75, 3.05) is 14.1 Å². The van der Waals surface area contributed by atoms with Crippen LogP contribution < -0.4 is 0 Å². The van der Waals surface area contributed by atoms with E-state index in [9.17, 15) is 50.4 Å². The van der Waals surface area contributed by atoms with Crippen molar-refractivity contribution >= 4 is 60.0 Å². The Labute approximate surface area is 345 Å². The van der Waals surface area contributed by atoms with Gasteiger partial charge in [0.2, 0.25) is 11.4 Å². The van der Waals surface area contributed by atoms with E-state index in [0.717, 1.165) is 19.3 Å². The molecule has 0 bridgehead atoms. The molecule has 2 unspecified atom stereocenters. The van der Waals surface area contributed by atoms with Gasteiger partial charge in [0.05, 0.1) is 10.8 Å². The summed E-state index contributed by atoms with van der Waals surface area (Å²) in [5.41, 5.74) is 13.8. The Bertz CT molecular complexity index is 2560. The number of fused-ring (bicyclic) bond motifs is 6. The molecule has 0 aliphatic carbocycles. The first kappa shape index (κ1) is 45.7. The number of nitrogens with zero attached hydrogens (tertiary/aromatic N) is 2. The normalized spacial score (nSPS) is 21.0. The molecule has 61 heavy (non-hydrogen) atoms. The molecule has 2 atom stereocenters. The van der Waals surface area contributed by atoms with Crippen LogP contribution in [0.15, 0.2) is 121 Å². The first-order valence-corrected chi connectivity index (χ1v) is 23.1. The zero-order chi connectivity index (χ0) is 45.3. The van der Waals surface area contributed by atoms with Gasteiger partial charge in [-0.05, 0) is 76.9 Å². The molecule has 2 nitrogen and oxygen atoms in total. The second-order valence-corrected chi connectivity index (χ2v) is 20.2. The van der Waals surface area contributed by atoms with Gasteiger partial charge in [-0.15, -0.1) is 0 Å². The SMILES string of the molecule is CC1=[N+](C)c2cc(Cc3cc4c(c5ccccc35)C(C)(Cc3ccccc3)C(C)=[N+]4C)c3ccccc3c2C1(C)Cc1ccccc1.F[P-](F)(F)(F)(F)F.F[P-](F)(F)(F)(F)F. The Kier molecular flexibility index (Phi) is 10.4. The van der Waals surface area contributed by atoms with Gasteiger partial charge in [-0.1, -0.05) is 109 Å². The van der Waals surface area contributed by atoms with E-state index in [2.05, 4.69) is 172 Å². The number of halogens is 12. The third-order valence-corrected chi connectivity index (χ3v) is 11.8. The van der Waals surface area contributed by atoms with Gasteiger partial charge in [-0.25, -0.2) is 9.15 Å². The molecule has 6 aromatic rings. The van der Waals surface area contributed by atoms with Gasteiger partial charge < -0.3 is 0 Å². The summed E-state index contributed by atoms with van der Waals surface area (Å²) in [5, 5.41) is 5.49. The molecule has 8 rings (SSSR count). The Morgan fingerprint density at radius 1 is 0.426 bits per heavy atom. The molecule has 2 aliphatic rings. The molecule has 6 aromatic carbocycles. The van der Waals surface area contributed by atoms with E-state index < -0.39 is 15.6 Å². The number of rotatable bonds is 6. The molecule has 0 aromatic heterocycles. The van der Waals surface area contributed by atoms with E-state index in [-0.39, 0.29) is 10.8 Å². The van der Waals surface area contributed by atoms with Gasteiger partial charge in [0.25, 0.3) is 0 Å². The fraction of sp³-hybridized carbons (Fsp3) is 0.244. The fourth-order valence-electron chi connectivity index (χ4n) is 8.96. The Hall–Kier alpha value is -4.80. The molecule has 0 N–H and O–H groups in total. The van der Waals surface area contributed by atoms with Gasteiger partial charge in [0, 0.05) is 37.1 Å². The van der Waals surface area contributed by atoms with Gasteiger partial charge in [-0.2, -0.15) is 0 Å². The maximum absolute atomic E-state index is 10.7. The van der Waals surface area contributed by atoms with Crippen molar-refractivity contribution in [1.82, 2.24) is 0 Å². The first-order chi connectivity index (χ1) is 27.6. The molecule has 16 heteroatoms. The minimum atomic E-state index is -10.7. The van der Waals surface area contributed by atoms with E-state index >= 15 is 0 Å². The average molecular weight is 903 g/mol. The van der Waals surface area contributed by atoms with E-state index in [1.807, 2.05) is 0 Å². The summed E-state index contributed by atoms with van der Waals surface area (Å²) in [7, 11) is -16.8. The molecule has 0 spiro atoms. The van der Waals surface area contributed by atoms with Crippen LogP contribution in [0.25, 0.3) is 21.5 Å². The maximum atomic E-state index is 9.87. The van der Waals surface area contributed by atoms with Crippen LogP contribution in [-0.2, 0) is 30.1 Å². The van der Waals surface area contributed by atoms with Crippen molar-refractivity contribution < 1.29 is 59.5 Å². The Balaban J connectivity index is 0.000000385. The summed E-state index contributed by atoms with van der Waals surface area (Å²) in [6.07, 6.45) is 2.85. The molecule has 0 amide bonds. The molecule has 0 radical (unpaired) electrons. The van der Waals surface area contributed by atoms with Gasteiger partial charge >= 0.3 is 66.0 Å². The molecule has 0 fully saturated rings. The van der Waals surface area contributed by atoms with Crippen LogP contribution in [0.1, 0.15) is 61.1 Å². The second-order valence-electron chi connectivity index (χ2n) is 16.3. The van der Waals surface area contributed by atoms with Crippen LogP contribution in [0.4, 0.5) is 61.7 Å². The Morgan fingerprint density at radius 2 is 0.689 bits per heavy atom. The standard InChI is InChI=1S/C45H44N2.2F6P/c1-30-44(3,28-32-17-9-7-10-18-32)42-38-23-15-13-21-36(38)34(26-40(42)46(30)5)25-35-27-41-43(39-24-16-14-22-37(35)39)45(4,31(2)47(41)6)29-33-19-11-8-12-20-33;2*1-7(2,3,4,5)6/h7-24,26-27H,25,28-29H2,1-6H3;;/q+2;2*-1. The van der Waals surface area contributed by atoms with Crippen molar-refractivity contribution in [1.29, 1.82) is 0 Å². The minimum absolute atomic E-state index is 0.0802. The molecule has 328 valence electrons. The molecule has 0 saturated heterocycles. The molecule has 2 aliphatic heterocycles. The van der Waals surface area contributed by atoms with E-state index in [0.29, 0.717) is 0 Å². The van der Waals surface area contributed by atoms with Gasteiger partial charge in [0.1, 0.15) is 14.1 Å². The monoisotopic (exact) mass is 902 g/mol.